The van der Waals surface area contributed by atoms with Gasteiger partial charge in [-0.15, -0.1) is 0 Å². The summed E-state index contributed by atoms with van der Waals surface area (Å²) in [5, 5.41) is 8.86. The van der Waals surface area contributed by atoms with Crippen molar-refractivity contribution in [3.05, 3.63) is 53.0 Å². The molecule has 0 unspecified atom stereocenters. The molecular formula is C38H46ClFN8O3. The minimum atomic E-state index is -0.494. The third kappa shape index (κ3) is 6.79. The molecule has 4 aliphatic rings. The van der Waals surface area contributed by atoms with E-state index in [9.17, 15) is 4.79 Å². The Bertz CT molecular complexity index is 1940. The number of amides is 1. The highest BCUT2D eigenvalue weighted by atomic mass is 35.5. The second-order valence-corrected chi connectivity index (χ2v) is 15.0. The number of carbonyl (C=O) groups excluding carboxylic acids is 1. The van der Waals surface area contributed by atoms with Gasteiger partial charge in [-0.3, -0.25) is 14.8 Å². The number of H-pyrrole nitrogens is 1. The zero-order chi connectivity index (χ0) is 35.1. The van der Waals surface area contributed by atoms with Crippen LogP contribution < -0.4 is 9.64 Å². The molecular weight excluding hydrogens is 671 g/mol. The minimum Gasteiger partial charge on any atom is -0.460 e. The maximum absolute atomic E-state index is 17.0. The molecule has 270 valence electrons. The monoisotopic (exact) mass is 716 g/mol. The highest BCUT2D eigenvalue weighted by Crippen LogP contribution is 2.45. The molecule has 1 amide bonds. The number of carbonyl (C=O) groups is 1. The van der Waals surface area contributed by atoms with Crippen molar-refractivity contribution in [2.45, 2.75) is 45.6 Å². The first-order valence-corrected chi connectivity index (χ1v) is 18.7. The van der Waals surface area contributed by atoms with E-state index in [-0.39, 0.29) is 29.0 Å². The predicted octanol–water partition coefficient (Wildman–Crippen LogP) is 5.45. The molecule has 1 spiro atoms. The first kappa shape index (κ1) is 34.3. The maximum atomic E-state index is 17.0. The first-order chi connectivity index (χ1) is 24.8. The summed E-state index contributed by atoms with van der Waals surface area (Å²) in [5.74, 6) is 0.221. The zero-order valence-corrected chi connectivity index (χ0v) is 30.2. The van der Waals surface area contributed by atoms with Gasteiger partial charge in [-0.2, -0.15) is 15.1 Å². The number of nitrogens with one attached hydrogen (secondary N) is 1. The third-order valence-corrected chi connectivity index (χ3v) is 11.7. The molecule has 0 atom stereocenters. The number of likely N-dealkylation sites (tertiary alicyclic amines) is 2. The number of nitrogens with zero attached hydrogens (tertiary/aromatic N) is 7. The van der Waals surface area contributed by atoms with Crippen LogP contribution in [0, 0.1) is 18.2 Å². The maximum Gasteiger partial charge on any atom is 0.319 e. The lowest BCUT2D eigenvalue weighted by molar-refractivity contribution is -0.139. The van der Waals surface area contributed by atoms with Crippen molar-refractivity contribution in [2.24, 2.45) is 5.41 Å². The lowest BCUT2D eigenvalue weighted by Crippen LogP contribution is -2.61. The van der Waals surface area contributed by atoms with Gasteiger partial charge in [-0.05, 0) is 56.8 Å². The first-order valence-electron chi connectivity index (χ1n) is 18.3. The van der Waals surface area contributed by atoms with Gasteiger partial charge >= 0.3 is 6.01 Å². The summed E-state index contributed by atoms with van der Waals surface area (Å²) >= 11 is 6.99. The van der Waals surface area contributed by atoms with Gasteiger partial charge in [0.2, 0.25) is 5.91 Å². The number of ether oxygens (including phenoxy) is 2. The van der Waals surface area contributed by atoms with Crippen LogP contribution in [0.3, 0.4) is 0 Å². The fraction of sp³-hybridized carbons (Fsp3) is 0.526. The van der Waals surface area contributed by atoms with Crippen molar-refractivity contribution in [3.8, 4) is 17.1 Å². The lowest BCUT2D eigenvalue weighted by Gasteiger charge is -2.54. The van der Waals surface area contributed by atoms with Gasteiger partial charge in [0.25, 0.3) is 0 Å². The minimum absolute atomic E-state index is 0.0408. The van der Waals surface area contributed by atoms with E-state index in [1.807, 2.05) is 36.1 Å². The normalized spacial score (nSPS) is 20.5. The number of aromatic amines is 1. The number of morpholine rings is 1. The number of hydrogen-bond donors (Lipinski definition) is 1. The van der Waals surface area contributed by atoms with Crippen molar-refractivity contribution < 1.29 is 18.7 Å². The molecule has 0 bridgehead atoms. The Balaban J connectivity index is 1.05. The number of rotatable bonds is 8. The molecule has 51 heavy (non-hydrogen) atoms. The van der Waals surface area contributed by atoms with Crippen LogP contribution in [0.4, 0.5) is 10.2 Å². The number of halogens is 2. The van der Waals surface area contributed by atoms with Crippen LogP contribution in [-0.2, 0) is 9.53 Å². The van der Waals surface area contributed by atoms with E-state index in [4.69, 9.17) is 31.0 Å². The van der Waals surface area contributed by atoms with E-state index in [0.717, 1.165) is 121 Å². The van der Waals surface area contributed by atoms with Gasteiger partial charge in [-0.1, -0.05) is 30.7 Å². The number of aromatic nitrogens is 4. The average Bonchev–Trinajstić information content (AvgIpc) is 3.61. The summed E-state index contributed by atoms with van der Waals surface area (Å²) in [4.78, 5) is 31.5. The zero-order valence-electron chi connectivity index (χ0n) is 29.5. The molecule has 1 N–H and O–H groups in total. The average molecular weight is 717 g/mol. The number of benzene rings is 2. The Hall–Kier alpha value is -3.84. The number of anilines is 1. The SMILES string of the molecule is CCN1CCC(Oc2nc(N3CCC4(CC3)CN(C(=O)/C=C/CN3CCOCC3)C4)c3cc(Cl)c(-c4c(C)ccc5[nH]ncc45)c(F)c3n2)CC1. The van der Waals surface area contributed by atoms with Gasteiger partial charge in [0.15, 0.2) is 5.82 Å². The van der Waals surface area contributed by atoms with Crippen molar-refractivity contribution >= 4 is 45.1 Å². The predicted molar refractivity (Wildman–Crippen MR) is 197 cm³/mol. The van der Waals surface area contributed by atoms with Gasteiger partial charge < -0.3 is 24.2 Å². The van der Waals surface area contributed by atoms with Gasteiger partial charge in [0, 0.05) is 92.3 Å². The molecule has 8 rings (SSSR count). The Labute approximate surface area is 302 Å². The number of fused-ring (bicyclic) bond motifs is 2. The van der Waals surface area contributed by atoms with Crippen LogP contribution in [0.15, 0.2) is 36.5 Å². The van der Waals surface area contributed by atoms with Crippen molar-refractivity contribution in [3.63, 3.8) is 0 Å². The van der Waals surface area contributed by atoms with Gasteiger partial charge in [0.05, 0.1) is 29.9 Å². The molecule has 0 radical (unpaired) electrons. The molecule has 11 nitrogen and oxygen atoms in total. The second-order valence-electron chi connectivity index (χ2n) is 14.6. The molecule has 4 saturated heterocycles. The summed E-state index contributed by atoms with van der Waals surface area (Å²) in [6.45, 7) is 14.0. The van der Waals surface area contributed by atoms with Crippen LogP contribution in [0.25, 0.3) is 32.9 Å². The Morgan fingerprint density at radius 2 is 1.82 bits per heavy atom. The van der Waals surface area contributed by atoms with Crippen LogP contribution in [0.2, 0.25) is 5.02 Å². The fourth-order valence-corrected chi connectivity index (χ4v) is 8.54. The molecule has 2 aromatic carbocycles. The molecule has 0 aliphatic carbocycles. The molecule has 6 heterocycles. The topological polar surface area (TPSA) is 103 Å². The summed E-state index contributed by atoms with van der Waals surface area (Å²) < 4.78 is 28.8. The van der Waals surface area contributed by atoms with Crippen molar-refractivity contribution in [1.82, 2.24) is 34.9 Å². The van der Waals surface area contributed by atoms with E-state index >= 15 is 4.39 Å². The molecule has 4 aliphatic heterocycles. The van der Waals surface area contributed by atoms with E-state index in [2.05, 4.69) is 31.8 Å². The summed E-state index contributed by atoms with van der Waals surface area (Å²) in [5.41, 5.74) is 2.97. The molecule has 2 aromatic heterocycles. The van der Waals surface area contributed by atoms with E-state index in [0.29, 0.717) is 27.4 Å². The molecule has 0 saturated carbocycles. The Morgan fingerprint density at radius 1 is 1.06 bits per heavy atom. The van der Waals surface area contributed by atoms with Crippen molar-refractivity contribution in [2.75, 3.05) is 83.6 Å². The largest absolute Gasteiger partial charge is 0.460 e. The number of piperidine rings is 2. The van der Waals surface area contributed by atoms with E-state index in [1.165, 1.54) is 0 Å². The summed E-state index contributed by atoms with van der Waals surface area (Å²) in [6, 6.07) is 5.89. The van der Waals surface area contributed by atoms with Crippen molar-refractivity contribution in [1.29, 1.82) is 0 Å². The molecule has 4 fully saturated rings. The Morgan fingerprint density at radius 3 is 2.57 bits per heavy atom. The van der Waals surface area contributed by atoms with E-state index < -0.39 is 5.82 Å². The summed E-state index contributed by atoms with van der Waals surface area (Å²) in [7, 11) is 0. The highest BCUT2D eigenvalue weighted by Gasteiger charge is 2.46. The summed E-state index contributed by atoms with van der Waals surface area (Å²) in [6.07, 6.45) is 8.90. The fourth-order valence-electron chi connectivity index (χ4n) is 8.25. The van der Waals surface area contributed by atoms with E-state index in [1.54, 1.807) is 12.3 Å². The Kier molecular flexibility index (Phi) is 9.60. The van der Waals surface area contributed by atoms with Gasteiger partial charge in [-0.25, -0.2) is 4.39 Å². The molecule has 13 heteroatoms. The number of aryl methyl sites for hydroxylation is 1. The van der Waals surface area contributed by atoms with Crippen LogP contribution in [-0.4, -0.2) is 126 Å². The quantitative estimate of drug-likeness (QED) is 0.239. The third-order valence-electron chi connectivity index (χ3n) is 11.4. The van der Waals surface area contributed by atoms with Crippen LogP contribution in [0.1, 0.15) is 38.2 Å². The number of hydrogen-bond acceptors (Lipinski definition) is 9. The van der Waals surface area contributed by atoms with Gasteiger partial charge in [0.1, 0.15) is 17.4 Å². The lowest BCUT2D eigenvalue weighted by atomic mass is 9.72. The van der Waals surface area contributed by atoms with Crippen LogP contribution in [0.5, 0.6) is 6.01 Å². The van der Waals surface area contributed by atoms with Crippen LogP contribution >= 0.6 is 11.6 Å². The second kappa shape index (κ2) is 14.3. The molecule has 4 aromatic rings. The highest BCUT2D eigenvalue weighted by molar-refractivity contribution is 6.35. The smallest absolute Gasteiger partial charge is 0.319 e. The standard InChI is InChI=1S/C38H46ClFN8O3/c1-3-45-13-8-26(9-14-45)51-37-42-35-27(21-29(39)33(34(35)40)32-25(2)6-7-30-28(32)22-41-44-30)36(43-37)47-15-10-38(11-16-47)23-48(24-38)31(49)5-4-12-46-17-19-50-20-18-46/h4-7,21-22,26H,3,8-20,23-24H2,1-2H3,(H,41,44)/b5-4+.